The van der Waals surface area contributed by atoms with Crippen LogP contribution in [0.1, 0.15) is 55.4 Å². The molecule has 0 saturated carbocycles. The van der Waals surface area contributed by atoms with Crippen LogP contribution in [0.4, 0.5) is 26.3 Å². The van der Waals surface area contributed by atoms with Crippen LogP contribution in [-0.2, 0) is 28.7 Å². The number of oxazole rings is 3. The summed E-state index contributed by atoms with van der Waals surface area (Å²) >= 11 is 9.56. The predicted molar refractivity (Wildman–Crippen MR) is 310 cm³/mol. The van der Waals surface area contributed by atoms with Crippen LogP contribution in [0.2, 0.25) is 0 Å². The topological polar surface area (TPSA) is 248 Å². The third kappa shape index (κ3) is 18.5. The number of halogens is 8. The van der Waals surface area contributed by atoms with Crippen LogP contribution in [0, 0.1) is 17.5 Å². The summed E-state index contributed by atoms with van der Waals surface area (Å²) in [4.78, 5) is 35.9. The molecule has 2 fully saturated rings. The van der Waals surface area contributed by atoms with E-state index in [2.05, 4.69) is 106 Å². The second kappa shape index (κ2) is 28.9. The monoisotopic (exact) mass is 1340 g/mol. The van der Waals surface area contributed by atoms with Crippen molar-refractivity contribution in [2.24, 2.45) is 4.30 Å². The van der Waals surface area contributed by atoms with Crippen LogP contribution < -0.4 is 4.18 Å². The van der Waals surface area contributed by atoms with Crippen LogP contribution in [0.25, 0.3) is 57.4 Å². The van der Waals surface area contributed by atoms with Gasteiger partial charge in [-0.3, -0.25) is 0 Å². The summed E-state index contributed by atoms with van der Waals surface area (Å²) in [7, 11) is -2.42. The zero-order valence-corrected chi connectivity index (χ0v) is 50.8. The number of benzene rings is 3. The molecule has 0 unspecified atom stereocenters. The van der Waals surface area contributed by atoms with Crippen molar-refractivity contribution in [2.75, 3.05) is 0 Å². The fourth-order valence-electron chi connectivity index (χ4n) is 6.57. The van der Waals surface area contributed by atoms with Crippen molar-refractivity contribution >= 4 is 76.4 Å². The molecule has 2 aliphatic rings. The first-order valence-electron chi connectivity index (χ1n) is 24.5. The van der Waals surface area contributed by atoms with Gasteiger partial charge in [-0.15, -0.1) is 0 Å². The standard InChI is InChI=1S/C13H7BrFN3O.C13H8FN3O.C12H24B2O4.C10H5F4NO4S.C4H3BrN2.BHNS/c14-11-10(12-16-6-1-7-17-12)18-13(19-11)8-2-4-9(15)5-3-8;14-10-4-2-9(3-5-10)13-17-11(8-18-13)12-15-6-1-7-16-12;1-9(2)10(3,4)16-13(15-9)14-17-11(5,6)12(7,8)18-14;11-7-3-1-6(2-4-7)9-15-8(5-18-9)19-20(16,17)10(12,13)14;5-4-6-2-1-3-7-4;1-2-3/h1-7H;1-8H;1-8H3;1-5H;1-3H;3H. The van der Waals surface area contributed by atoms with Crippen LogP contribution in [0.3, 0.4) is 0 Å². The van der Waals surface area contributed by atoms with E-state index in [9.17, 15) is 34.8 Å². The van der Waals surface area contributed by atoms with Gasteiger partial charge in [-0.05, 0) is 178 Å². The molecule has 0 bridgehead atoms. The fraction of sp³-hybridized carbons (Fsp3) is 0.250. The zero-order valence-electron chi connectivity index (χ0n) is 45.9. The molecule has 6 aromatic heterocycles. The molecule has 11 rings (SSSR count). The molecule has 0 amide bonds. The van der Waals surface area contributed by atoms with Crippen molar-refractivity contribution in [3.8, 4) is 63.3 Å². The van der Waals surface area contributed by atoms with E-state index in [1.54, 1.807) is 79.6 Å². The Morgan fingerprint density at radius 1 is 0.553 bits per heavy atom. The van der Waals surface area contributed by atoms with Gasteiger partial charge in [0.05, 0.1) is 22.4 Å². The maximum atomic E-state index is 12.9. The first kappa shape index (κ1) is 67.1. The Bertz CT molecular complexity index is 3620. The molecule has 1 radical (unpaired) electrons. The second-order valence-electron chi connectivity index (χ2n) is 19.2. The molecular weight excluding hydrogens is 1290 g/mol. The van der Waals surface area contributed by atoms with Crippen LogP contribution in [0.15, 0.2) is 168 Å². The van der Waals surface area contributed by atoms with Crippen molar-refractivity contribution in [2.45, 2.75) is 83.3 Å². The molecule has 0 aliphatic carbocycles. The van der Waals surface area contributed by atoms with Crippen molar-refractivity contribution in [3.05, 3.63) is 168 Å². The summed E-state index contributed by atoms with van der Waals surface area (Å²) in [5.74, 6) is -0.457. The van der Waals surface area contributed by atoms with Crippen LogP contribution >= 0.6 is 44.7 Å². The molecule has 0 N–H and O–H groups in total. The molecular formula is C52H48B3Br2F6N10O10S2. The number of hydrogen-bond donors (Lipinski definition) is 1. The van der Waals surface area contributed by atoms with Gasteiger partial charge in [-0.2, -0.15) is 26.6 Å². The van der Waals surface area contributed by atoms with E-state index >= 15 is 0 Å². The molecule has 443 valence electrons. The van der Waals surface area contributed by atoms with Crippen molar-refractivity contribution in [1.82, 2.24) is 44.9 Å². The molecule has 2 aliphatic heterocycles. The first-order valence-corrected chi connectivity index (χ1v) is 27.9. The summed E-state index contributed by atoms with van der Waals surface area (Å²) in [6, 6.07) is 21.7. The molecule has 3 aromatic carbocycles. The number of thiol groups is 1. The Labute approximate surface area is 507 Å². The number of hydrogen-bond acceptors (Lipinski definition) is 21. The Balaban J connectivity index is 0.000000172. The van der Waals surface area contributed by atoms with Gasteiger partial charge in [0.1, 0.15) is 29.4 Å². The van der Waals surface area contributed by atoms with E-state index in [4.69, 9.17) is 31.9 Å². The van der Waals surface area contributed by atoms with E-state index in [0.29, 0.717) is 61.6 Å². The number of alkyl halides is 3. The average molecular weight is 1340 g/mol. The second-order valence-corrected chi connectivity index (χ2v) is 22.4. The van der Waals surface area contributed by atoms with Gasteiger partial charge in [0.2, 0.25) is 22.3 Å². The fourth-order valence-corrected chi connectivity index (χ4v) is 7.62. The summed E-state index contributed by atoms with van der Waals surface area (Å²) in [5.41, 5.74) is -4.31. The quantitative estimate of drug-likeness (QED) is 0.0371. The molecule has 8 heterocycles. The molecule has 20 nitrogen and oxygen atoms in total. The maximum absolute atomic E-state index is 12.9. The summed E-state index contributed by atoms with van der Waals surface area (Å²) < 4.78 is 143. The van der Waals surface area contributed by atoms with E-state index in [1.807, 2.05) is 55.4 Å². The SMILES string of the molecule is Brc1ncccn1.CC1(C)OB(B2OC(C)(C)C(C)(C)O2)OC1(C)C.Fc1ccc(-c2nc(-c3ncccn3)c(Br)o2)cc1.Fc1ccc(-c2nc(-c3ncccn3)co2)cc1.O=S(=O)(Oc1coc(-c2ccc(F)cc2)n1)C(F)(F)F.[B]=NS. The molecule has 33 heteroatoms. The molecule has 9 aromatic rings. The van der Waals surface area contributed by atoms with Crippen LogP contribution in [0.5, 0.6) is 5.88 Å². The molecule has 85 heavy (non-hydrogen) atoms. The number of nitrogens with zero attached hydrogens (tertiary/aromatic N) is 10. The summed E-state index contributed by atoms with van der Waals surface area (Å²) in [6.07, 6.45) is 12.0. The van der Waals surface area contributed by atoms with Crippen molar-refractivity contribution in [1.29, 1.82) is 0 Å². The predicted octanol–water partition coefficient (Wildman–Crippen LogP) is 13.0. The van der Waals surface area contributed by atoms with Crippen molar-refractivity contribution < 1.29 is 70.8 Å². The summed E-state index contributed by atoms with van der Waals surface area (Å²) in [6.45, 7) is 16.2. The third-order valence-corrected chi connectivity index (χ3v) is 14.1. The Morgan fingerprint density at radius 3 is 1.28 bits per heavy atom. The van der Waals surface area contributed by atoms with E-state index in [1.165, 1.54) is 42.7 Å². The van der Waals surface area contributed by atoms with Gasteiger partial charge in [0.15, 0.2) is 28.3 Å². The molecule has 0 spiro atoms. The van der Waals surface area contributed by atoms with Gasteiger partial charge in [0.25, 0.3) is 5.88 Å². The zero-order chi connectivity index (χ0) is 62.4. The van der Waals surface area contributed by atoms with E-state index in [0.717, 1.165) is 12.1 Å². The van der Waals surface area contributed by atoms with Gasteiger partial charge in [0, 0.05) is 53.9 Å². The first-order chi connectivity index (χ1) is 39.9. The third-order valence-electron chi connectivity index (χ3n) is 12.2. The molecule has 2 saturated heterocycles. The minimum atomic E-state index is -5.81. The Morgan fingerprint density at radius 2 is 0.906 bits per heavy atom. The van der Waals surface area contributed by atoms with Gasteiger partial charge in [-0.1, -0.05) is 0 Å². The average Bonchev–Trinajstić information content (AvgIpc) is 3.04. The summed E-state index contributed by atoms with van der Waals surface area (Å²) in [5, 5.41) is 0. The number of rotatable bonds is 8. The van der Waals surface area contributed by atoms with Crippen molar-refractivity contribution in [3.63, 3.8) is 0 Å². The van der Waals surface area contributed by atoms with Crippen LogP contribution in [-0.4, -0.2) is 103 Å². The van der Waals surface area contributed by atoms with Gasteiger partial charge in [-0.25, -0.2) is 53.0 Å². The normalized spacial score (nSPS) is 15.2. The Kier molecular flexibility index (Phi) is 22.8. The van der Waals surface area contributed by atoms with E-state index in [-0.39, 0.29) is 45.5 Å². The Hall–Kier alpha value is -7.00. The molecule has 0 atom stereocenters. The van der Waals surface area contributed by atoms with Gasteiger partial charge >= 0.3 is 54.4 Å². The van der Waals surface area contributed by atoms with Gasteiger partial charge < -0.3 is 36.1 Å². The number of aromatic nitrogens is 9. The van der Waals surface area contributed by atoms with E-state index < -0.39 is 41.3 Å². The minimum absolute atomic E-state index is 0.211.